The van der Waals surface area contributed by atoms with E-state index < -0.39 is 0 Å². The van der Waals surface area contributed by atoms with Crippen molar-refractivity contribution in [3.8, 4) is 0 Å². The van der Waals surface area contributed by atoms with Crippen LogP contribution in [0.4, 0.5) is 5.69 Å². The molecule has 2 aromatic carbocycles. The van der Waals surface area contributed by atoms with Gasteiger partial charge < -0.3 is 10.4 Å². The van der Waals surface area contributed by atoms with Crippen molar-refractivity contribution in [3.05, 3.63) is 65.2 Å². The summed E-state index contributed by atoms with van der Waals surface area (Å²) in [5.41, 5.74) is 3.97. The molecule has 0 unspecified atom stereocenters. The molecule has 0 bridgehead atoms. The van der Waals surface area contributed by atoms with E-state index >= 15 is 0 Å². The Balaban J connectivity index is 1.96. The van der Waals surface area contributed by atoms with Gasteiger partial charge in [-0.1, -0.05) is 49.4 Å². The molecule has 0 spiro atoms. The van der Waals surface area contributed by atoms with Crippen LogP contribution in [-0.4, -0.2) is 29.0 Å². The molecule has 0 aliphatic heterocycles. The maximum atomic E-state index is 12.4. The Morgan fingerprint density at radius 2 is 1.75 bits per heavy atom. The highest BCUT2D eigenvalue weighted by molar-refractivity contribution is 5.92. The largest absolute Gasteiger partial charge is 0.392 e. The molecule has 0 saturated heterocycles. The number of aryl methyl sites for hydroxylation is 1. The Labute approximate surface area is 144 Å². The van der Waals surface area contributed by atoms with E-state index in [-0.39, 0.29) is 12.5 Å². The highest BCUT2D eigenvalue weighted by Gasteiger charge is 2.11. The normalized spacial score (nSPS) is 10.8. The van der Waals surface area contributed by atoms with Gasteiger partial charge in [0.25, 0.3) is 0 Å². The minimum absolute atomic E-state index is 0.00438. The van der Waals surface area contributed by atoms with Crippen LogP contribution in [0, 0.1) is 6.92 Å². The van der Waals surface area contributed by atoms with Gasteiger partial charge in [-0.2, -0.15) is 0 Å². The number of aliphatic hydroxyl groups excluding tert-OH is 1. The standard InChI is InChI=1S/C20H26N2O2/c1-3-12-22(13-17-8-10-18(15-23)11-9-17)14-20(24)21-19-7-5-4-6-16(19)2/h4-11,23H,3,12-15H2,1-2H3,(H,21,24). The molecule has 2 rings (SSSR count). The lowest BCUT2D eigenvalue weighted by atomic mass is 10.1. The fourth-order valence-corrected chi connectivity index (χ4v) is 2.64. The first kappa shape index (κ1) is 18.2. The van der Waals surface area contributed by atoms with E-state index in [0.717, 1.165) is 41.9 Å². The van der Waals surface area contributed by atoms with Crippen molar-refractivity contribution in [1.29, 1.82) is 0 Å². The molecule has 128 valence electrons. The number of amides is 1. The van der Waals surface area contributed by atoms with Crippen molar-refractivity contribution >= 4 is 11.6 Å². The number of nitrogens with zero attached hydrogens (tertiary/aromatic N) is 1. The number of rotatable bonds is 8. The second-order valence-corrected chi connectivity index (χ2v) is 6.05. The topological polar surface area (TPSA) is 52.6 Å². The van der Waals surface area contributed by atoms with Crippen LogP contribution in [0.15, 0.2) is 48.5 Å². The Morgan fingerprint density at radius 1 is 1.08 bits per heavy atom. The molecule has 1 amide bonds. The minimum atomic E-state index is 0.00438. The third-order valence-electron chi connectivity index (χ3n) is 3.94. The maximum Gasteiger partial charge on any atom is 0.238 e. The first-order chi connectivity index (χ1) is 11.6. The summed E-state index contributed by atoms with van der Waals surface area (Å²) in [5.74, 6) is 0.00438. The van der Waals surface area contributed by atoms with Crippen LogP contribution in [0.1, 0.15) is 30.0 Å². The molecule has 0 aliphatic carbocycles. The number of benzene rings is 2. The molecule has 4 heteroatoms. The van der Waals surface area contributed by atoms with Gasteiger partial charge in [-0.05, 0) is 42.6 Å². The summed E-state index contributed by atoms with van der Waals surface area (Å²) in [6.07, 6.45) is 0.992. The average Bonchev–Trinajstić information content (AvgIpc) is 2.58. The van der Waals surface area contributed by atoms with Crippen LogP contribution in [0.3, 0.4) is 0 Å². The SMILES string of the molecule is CCCN(CC(=O)Nc1ccccc1C)Cc1ccc(CO)cc1. The predicted molar refractivity (Wildman–Crippen MR) is 97.7 cm³/mol. The highest BCUT2D eigenvalue weighted by atomic mass is 16.3. The maximum absolute atomic E-state index is 12.4. The number of hydrogen-bond donors (Lipinski definition) is 2. The lowest BCUT2D eigenvalue weighted by molar-refractivity contribution is -0.117. The van der Waals surface area contributed by atoms with Gasteiger partial charge in [-0.25, -0.2) is 0 Å². The Hall–Kier alpha value is -2.17. The molecule has 0 aliphatic rings. The van der Waals surface area contributed by atoms with E-state index in [1.54, 1.807) is 0 Å². The monoisotopic (exact) mass is 326 g/mol. The molecule has 24 heavy (non-hydrogen) atoms. The molecular weight excluding hydrogens is 300 g/mol. The summed E-state index contributed by atoms with van der Waals surface area (Å²) in [6, 6.07) is 15.7. The number of hydrogen-bond acceptors (Lipinski definition) is 3. The van der Waals surface area contributed by atoms with Gasteiger partial charge in [-0.15, -0.1) is 0 Å². The fraction of sp³-hybridized carbons (Fsp3) is 0.350. The van der Waals surface area contributed by atoms with Crippen LogP contribution in [0.2, 0.25) is 0 Å². The van der Waals surface area contributed by atoms with Crippen LogP contribution in [0.5, 0.6) is 0 Å². The molecular formula is C20H26N2O2. The van der Waals surface area contributed by atoms with Crippen LogP contribution in [-0.2, 0) is 17.9 Å². The zero-order valence-electron chi connectivity index (χ0n) is 14.5. The Kier molecular flexibility index (Phi) is 6.97. The number of anilines is 1. The zero-order chi connectivity index (χ0) is 17.4. The first-order valence-electron chi connectivity index (χ1n) is 8.39. The second-order valence-electron chi connectivity index (χ2n) is 6.05. The van der Waals surface area contributed by atoms with Crippen molar-refractivity contribution < 1.29 is 9.90 Å². The lowest BCUT2D eigenvalue weighted by Crippen LogP contribution is -2.33. The summed E-state index contributed by atoms with van der Waals surface area (Å²) >= 11 is 0. The van der Waals surface area contributed by atoms with Crippen molar-refractivity contribution in [3.63, 3.8) is 0 Å². The molecule has 0 radical (unpaired) electrons. The summed E-state index contributed by atoms with van der Waals surface area (Å²) in [6.45, 7) is 6.11. The van der Waals surface area contributed by atoms with Crippen LogP contribution < -0.4 is 5.32 Å². The number of nitrogens with one attached hydrogen (secondary N) is 1. The highest BCUT2D eigenvalue weighted by Crippen LogP contribution is 2.13. The third kappa shape index (κ3) is 5.48. The van der Waals surface area contributed by atoms with E-state index in [1.807, 2.05) is 55.5 Å². The predicted octanol–water partition coefficient (Wildman–Crippen LogP) is 3.34. The van der Waals surface area contributed by atoms with Crippen LogP contribution in [0.25, 0.3) is 0 Å². The minimum Gasteiger partial charge on any atom is -0.392 e. The molecule has 0 heterocycles. The van der Waals surface area contributed by atoms with Crippen molar-refractivity contribution in [1.82, 2.24) is 4.90 Å². The van der Waals surface area contributed by atoms with E-state index in [2.05, 4.69) is 17.1 Å². The van der Waals surface area contributed by atoms with Gasteiger partial charge in [0.05, 0.1) is 13.2 Å². The van der Waals surface area contributed by atoms with Gasteiger partial charge in [0.2, 0.25) is 5.91 Å². The van der Waals surface area contributed by atoms with Gasteiger partial charge >= 0.3 is 0 Å². The summed E-state index contributed by atoms with van der Waals surface area (Å²) in [4.78, 5) is 14.5. The van der Waals surface area contributed by atoms with Crippen molar-refractivity contribution in [2.75, 3.05) is 18.4 Å². The van der Waals surface area contributed by atoms with E-state index in [0.29, 0.717) is 6.54 Å². The number of carbonyl (C=O) groups is 1. The summed E-state index contributed by atoms with van der Waals surface area (Å²) < 4.78 is 0. The zero-order valence-corrected chi connectivity index (χ0v) is 14.5. The smallest absolute Gasteiger partial charge is 0.238 e. The molecule has 0 aromatic heterocycles. The Bertz CT molecular complexity index is 653. The third-order valence-corrected chi connectivity index (χ3v) is 3.94. The molecule has 0 fully saturated rings. The fourth-order valence-electron chi connectivity index (χ4n) is 2.64. The summed E-state index contributed by atoms with van der Waals surface area (Å²) in [7, 11) is 0. The van der Waals surface area contributed by atoms with Gasteiger partial charge in [0.1, 0.15) is 0 Å². The number of para-hydroxylation sites is 1. The van der Waals surface area contributed by atoms with Crippen molar-refractivity contribution in [2.24, 2.45) is 0 Å². The van der Waals surface area contributed by atoms with Gasteiger partial charge in [-0.3, -0.25) is 9.69 Å². The van der Waals surface area contributed by atoms with Gasteiger partial charge in [0.15, 0.2) is 0 Å². The van der Waals surface area contributed by atoms with E-state index in [4.69, 9.17) is 5.11 Å². The number of carbonyl (C=O) groups excluding carboxylic acids is 1. The molecule has 0 saturated carbocycles. The summed E-state index contributed by atoms with van der Waals surface area (Å²) in [5, 5.41) is 12.1. The Morgan fingerprint density at radius 3 is 2.38 bits per heavy atom. The number of aliphatic hydroxyl groups is 1. The van der Waals surface area contributed by atoms with Crippen LogP contribution >= 0.6 is 0 Å². The first-order valence-corrected chi connectivity index (χ1v) is 8.39. The molecule has 4 nitrogen and oxygen atoms in total. The van der Waals surface area contributed by atoms with Gasteiger partial charge in [0, 0.05) is 12.2 Å². The van der Waals surface area contributed by atoms with E-state index in [1.165, 1.54) is 0 Å². The quantitative estimate of drug-likeness (QED) is 0.782. The molecule has 2 N–H and O–H groups in total. The average molecular weight is 326 g/mol. The molecule has 2 aromatic rings. The van der Waals surface area contributed by atoms with E-state index in [9.17, 15) is 4.79 Å². The lowest BCUT2D eigenvalue weighted by Gasteiger charge is -2.21. The van der Waals surface area contributed by atoms with Crippen molar-refractivity contribution in [2.45, 2.75) is 33.4 Å². The molecule has 0 atom stereocenters. The second kappa shape index (κ2) is 9.21.